The minimum atomic E-state index is -0.656. The number of nitrogens with two attached hydrogens (primary N) is 1. The maximum absolute atomic E-state index is 12.1. The van der Waals surface area contributed by atoms with Gasteiger partial charge in [0.2, 0.25) is 5.91 Å². The standard InChI is InChI=1S/C14H17N3OS/c15-14(7-3-4-8-14)13(18)16-9-12-17-10-5-1-2-6-11(10)19-12/h1-2,5-6H,3-4,7-9,15H2,(H,16,18). The smallest absolute Gasteiger partial charge is 0.240 e. The number of carbonyl (C=O) groups excluding carboxylic acids is 1. The Bertz CT molecular complexity index is 569. The van der Waals surface area contributed by atoms with Gasteiger partial charge in [0.1, 0.15) is 5.01 Å². The van der Waals surface area contributed by atoms with E-state index in [9.17, 15) is 4.79 Å². The van der Waals surface area contributed by atoms with Gasteiger partial charge in [-0.25, -0.2) is 4.98 Å². The van der Waals surface area contributed by atoms with Crippen LogP contribution in [0.3, 0.4) is 0 Å². The number of hydrogen-bond acceptors (Lipinski definition) is 4. The SMILES string of the molecule is NC1(C(=O)NCc2nc3ccccc3s2)CCCC1. The Morgan fingerprint density at radius 1 is 1.37 bits per heavy atom. The first kappa shape index (κ1) is 12.6. The van der Waals surface area contributed by atoms with Crippen LogP contribution in [0.15, 0.2) is 24.3 Å². The largest absolute Gasteiger partial charge is 0.348 e. The van der Waals surface area contributed by atoms with Crippen LogP contribution in [0.4, 0.5) is 0 Å². The van der Waals surface area contributed by atoms with E-state index in [0.29, 0.717) is 6.54 Å². The fourth-order valence-corrected chi connectivity index (χ4v) is 3.47. The summed E-state index contributed by atoms with van der Waals surface area (Å²) in [6.07, 6.45) is 3.67. The van der Waals surface area contributed by atoms with Crippen LogP contribution in [0, 0.1) is 0 Å². The first-order chi connectivity index (χ1) is 9.17. The van der Waals surface area contributed by atoms with E-state index in [2.05, 4.69) is 10.3 Å². The van der Waals surface area contributed by atoms with Gasteiger partial charge in [0.25, 0.3) is 0 Å². The van der Waals surface area contributed by atoms with Crippen LogP contribution in [0.25, 0.3) is 10.2 Å². The third kappa shape index (κ3) is 2.48. The molecule has 1 fully saturated rings. The molecule has 1 aliphatic carbocycles. The average molecular weight is 275 g/mol. The van der Waals surface area contributed by atoms with Gasteiger partial charge in [-0.3, -0.25) is 4.79 Å². The van der Waals surface area contributed by atoms with E-state index in [1.807, 2.05) is 24.3 Å². The van der Waals surface area contributed by atoms with Crippen molar-refractivity contribution in [2.75, 3.05) is 0 Å². The lowest BCUT2D eigenvalue weighted by Crippen LogP contribution is -2.51. The molecule has 19 heavy (non-hydrogen) atoms. The quantitative estimate of drug-likeness (QED) is 0.902. The maximum atomic E-state index is 12.1. The van der Waals surface area contributed by atoms with Crippen LogP contribution in [0.5, 0.6) is 0 Å². The van der Waals surface area contributed by atoms with E-state index < -0.39 is 5.54 Å². The van der Waals surface area contributed by atoms with Crippen LogP contribution in [-0.2, 0) is 11.3 Å². The number of thiazole rings is 1. The summed E-state index contributed by atoms with van der Waals surface area (Å²) in [5.41, 5.74) is 6.44. The molecule has 0 spiro atoms. The molecule has 0 atom stereocenters. The summed E-state index contributed by atoms with van der Waals surface area (Å²) in [6.45, 7) is 0.469. The van der Waals surface area contributed by atoms with Gasteiger partial charge >= 0.3 is 0 Å². The second-order valence-corrected chi connectivity index (χ2v) is 6.24. The predicted molar refractivity (Wildman–Crippen MR) is 76.9 cm³/mol. The van der Waals surface area contributed by atoms with Crippen molar-refractivity contribution < 1.29 is 4.79 Å². The molecular formula is C14H17N3OS. The molecule has 0 radical (unpaired) electrons. The molecule has 1 aromatic carbocycles. The van der Waals surface area contributed by atoms with E-state index in [0.717, 1.165) is 40.9 Å². The van der Waals surface area contributed by atoms with Crippen molar-refractivity contribution >= 4 is 27.5 Å². The van der Waals surface area contributed by atoms with Crippen molar-refractivity contribution in [1.82, 2.24) is 10.3 Å². The summed E-state index contributed by atoms with van der Waals surface area (Å²) in [6, 6.07) is 7.99. The number of aromatic nitrogens is 1. The van der Waals surface area contributed by atoms with E-state index in [1.54, 1.807) is 11.3 Å². The van der Waals surface area contributed by atoms with Crippen molar-refractivity contribution in [2.24, 2.45) is 5.73 Å². The van der Waals surface area contributed by atoms with E-state index in [-0.39, 0.29) is 5.91 Å². The molecule has 4 nitrogen and oxygen atoms in total. The monoisotopic (exact) mass is 275 g/mol. The Hall–Kier alpha value is -1.46. The highest BCUT2D eigenvalue weighted by molar-refractivity contribution is 7.18. The van der Waals surface area contributed by atoms with Gasteiger partial charge in [0.15, 0.2) is 0 Å². The summed E-state index contributed by atoms with van der Waals surface area (Å²) in [5.74, 6) is -0.0377. The van der Waals surface area contributed by atoms with Gasteiger partial charge < -0.3 is 11.1 Å². The highest BCUT2D eigenvalue weighted by atomic mass is 32.1. The molecule has 1 heterocycles. The molecule has 2 aromatic rings. The topological polar surface area (TPSA) is 68.0 Å². The zero-order chi connectivity index (χ0) is 13.3. The Balaban J connectivity index is 1.67. The molecule has 3 N–H and O–H groups in total. The minimum absolute atomic E-state index is 0.0377. The van der Waals surface area contributed by atoms with Crippen molar-refractivity contribution in [3.63, 3.8) is 0 Å². The third-order valence-electron chi connectivity index (χ3n) is 3.69. The molecule has 0 bridgehead atoms. The second kappa shape index (κ2) is 4.90. The fraction of sp³-hybridized carbons (Fsp3) is 0.429. The molecule has 1 aliphatic rings. The highest BCUT2D eigenvalue weighted by Crippen LogP contribution is 2.27. The second-order valence-electron chi connectivity index (χ2n) is 5.12. The van der Waals surface area contributed by atoms with E-state index >= 15 is 0 Å². The van der Waals surface area contributed by atoms with Gasteiger partial charge in [-0.1, -0.05) is 25.0 Å². The van der Waals surface area contributed by atoms with Gasteiger partial charge in [0.05, 0.1) is 22.3 Å². The Kier molecular flexibility index (Phi) is 3.24. The lowest BCUT2D eigenvalue weighted by Gasteiger charge is -2.21. The lowest BCUT2D eigenvalue weighted by atomic mass is 9.98. The number of benzene rings is 1. The van der Waals surface area contributed by atoms with Crippen LogP contribution in [0.2, 0.25) is 0 Å². The Labute approximate surface area is 116 Å². The molecular weight excluding hydrogens is 258 g/mol. The minimum Gasteiger partial charge on any atom is -0.348 e. The summed E-state index contributed by atoms with van der Waals surface area (Å²) in [7, 11) is 0. The first-order valence-electron chi connectivity index (χ1n) is 6.59. The molecule has 0 saturated heterocycles. The zero-order valence-electron chi connectivity index (χ0n) is 10.7. The number of rotatable bonds is 3. The molecule has 0 aliphatic heterocycles. The van der Waals surface area contributed by atoms with E-state index in [4.69, 9.17) is 5.73 Å². The summed E-state index contributed by atoms with van der Waals surface area (Å²) >= 11 is 1.61. The van der Waals surface area contributed by atoms with Crippen LogP contribution in [0.1, 0.15) is 30.7 Å². The molecule has 0 unspecified atom stereocenters. The molecule has 1 aromatic heterocycles. The number of carbonyl (C=O) groups is 1. The summed E-state index contributed by atoms with van der Waals surface area (Å²) < 4.78 is 1.15. The van der Waals surface area contributed by atoms with Gasteiger partial charge in [-0.2, -0.15) is 0 Å². The van der Waals surface area contributed by atoms with Crippen LogP contribution >= 0.6 is 11.3 Å². The summed E-state index contributed by atoms with van der Waals surface area (Å²) in [5, 5.41) is 3.85. The van der Waals surface area contributed by atoms with Gasteiger partial charge in [0, 0.05) is 0 Å². The van der Waals surface area contributed by atoms with E-state index in [1.165, 1.54) is 0 Å². The zero-order valence-corrected chi connectivity index (χ0v) is 11.5. The van der Waals surface area contributed by atoms with Gasteiger partial charge in [-0.05, 0) is 25.0 Å². The fourth-order valence-electron chi connectivity index (χ4n) is 2.56. The molecule has 3 rings (SSSR count). The average Bonchev–Trinajstić information content (AvgIpc) is 3.02. The normalized spacial score (nSPS) is 17.7. The number of nitrogens with one attached hydrogen (secondary N) is 1. The maximum Gasteiger partial charge on any atom is 0.240 e. The van der Waals surface area contributed by atoms with Crippen LogP contribution < -0.4 is 11.1 Å². The molecule has 1 saturated carbocycles. The Morgan fingerprint density at radius 3 is 2.84 bits per heavy atom. The molecule has 5 heteroatoms. The Morgan fingerprint density at radius 2 is 2.11 bits per heavy atom. The first-order valence-corrected chi connectivity index (χ1v) is 7.41. The van der Waals surface area contributed by atoms with Crippen molar-refractivity contribution in [3.05, 3.63) is 29.3 Å². The molecule has 100 valence electrons. The number of fused-ring (bicyclic) bond motifs is 1. The number of nitrogens with zero attached hydrogens (tertiary/aromatic N) is 1. The van der Waals surface area contributed by atoms with Crippen LogP contribution in [-0.4, -0.2) is 16.4 Å². The van der Waals surface area contributed by atoms with Crippen molar-refractivity contribution in [3.8, 4) is 0 Å². The number of para-hydroxylation sites is 1. The predicted octanol–water partition coefficient (Wildman–Crippen LogP) is 2.18. The number of amides is 1. The van der Waals surface area contributed by atoms with Crippen molar-refractivity contribution in [1.29, 1.82) is 0 Å². The van der Waals surface area contributed by atoms with Gasteiger partial charge in [-0.15, -0.1) is 11.3 Å². The lowest BCUT2D eigenvalue weighted by molar-refractivity contribution is -0.126. The third-order valence-corrected chi connectivity index (χ3v) is 4.72. The highest BCUT2D eigenvalue weighted by Gasteiger charge is 2.36. The van der Waals surface area contributed by atoms with Crippen molar-refractivity contribution in [2.45, 2.75) is 37.8 Å². The summed E-state index contributed by atoms with van der Waals surface area (Å²) in [4.78, 5) is 16.6. The number of hydrogen-bond donors (Lipinski definition) is 2. The molecule has 1 amide bonds.